The maximum Gasteiger partial charge on any atom is 0.205 e. The van der Waals surface area contributed by atoms with Crippen LogP contribution in [0.1, 0.15) is 25.3 Å². The lowest BCUT2D eigenvalue weighted by Gasteiger charge is -2.26. The zero-order valence-corrected chi connectivity index (χ0v) is 12.1. The molecule has 0 radical (unpaired) electrons. The average Bonchev–Trinajstić information content (AvgIpc) is 2.46. The quantitative estimate of drug-likeness (QED) is 0.921. The monoisotopic (exact) mass is 284 g/mol. The molecule has 0 aliphatic carbocycles. The molecule has 2 rings (SSSR count). The Morgan fingerprint density at radius 1 is 1.48 bits per heavy atom. The second-order valence-corrected chi connectivity index (χ2v) is 4.73. The van der Waals surface area contributed by atoms with Crippen molar-refractivity contribution in [1.82, 2.24) is 0 Å². The predicted octanol–water partition coefficient (Wildman–Crippen LogP) is 2.37. The molecule has 1 aliphatic heterocycles. The summed E-state index contributed by atoms with van der Waals surface area (Å²) in [5, 5.41) is 9.37. The van der Waals surface area contributed by atoms with Gasteiger partial charge >= 0.3 is 0 Å². The number of Topliss-reactive ketones (excluding diaryl/α,β-unsaturated/α-hetero) is 1. The summed E-state index contributed by atoms with van der Waals surface area (Å²) in [6.07, 6.45) is 0. The minimum absolute atomic E-state index is 0.0350. The van der Waals surface area contributed by atoms with Crippen LogP contribution in [0, 0.1) is 11.3 Å². The summed E-state index contributed by atoms with van der Waals surface area (Å²) < 4.78 is 10.5. The summed E-state index contributed by atoms with van der Waals surface area (Å²) >= 11 is 0. The third-order valence-corrected chi connectivity index (χ3v) is 3.41. The summed E-state index contributed by atoms with van der Waals surface area (Å²) in [5.41, 5.74) is 7.24. The molecule has 5 nitrogen and oxygen atoms in total. The maximum atomic E-state index is 12.0. The van der Waals surface area contributed by atoms with Gasteiger partial charge in [-0.1, -0.05) is 12.1 Å². The van der Waals surface area contributed by atoms with Gasteiger partial charge < -0.3 is 15.2 Å². The number of methoxy groups -OCH3 is 1. The molecule has 1 atom stereocenters. The SMILES string of the molecule is COc1cccc(C2C(C#N)=C(N)OC(C)=C2C(C)=O)c1. The number of benzene rings is 1. The van der Waals surface area contributed by atoms with Gasteiger partial charge in [0.25, 0.3) is 0 Å². The second-order valence-electron chi connectivity index (χ2n) is 4.73. The summed E-state index contributed by atoms with van der Waals surface area (Å²) in [4.78, 5) is 12.0. The van der Waals surface area contributed by atoms with Gasteiger partial charge in [-0.3, -0.25) is 4.79 Å². The van der Waals surface area contributed by atoms with Crippen LogP contribution >= 0.6 is 0 Å². The molecule has 1 unspecified atom stereocenters. The Kier molecular flexibility index (Phi) is 3.99. The normalized spacial score (nSPS) is 18.1. The fraction of sp³-hybridized carbons (Fsp3) is 0.250. The van der Waals surface area contributed by atoms with Gasteiger partial charge in [0, 0.05) is 5.57 Å². The molecule has 0 amide bonds. The third kappa shape index (κ3) is 2.61. The fourth-order valence-electron chi connectivity index (χ4n) is 2.49. The molecule has 1 aromatic carbocycles. The van der Waals surface area contributed by atoms with E-state index in [4.69, 9.17) is 15.2 Å². The second kappa shape index (κ2) is 5.71. The van der Waals surface area contributed by atoms with E-state index in [9.17, 15) is 10.1 Å². The van der Waals surface area contributed by atoms with Crippen molar-refractivity contribution < 1.29 is 14.3 Å². The Balaban J connectivity index is 2.65. The highest BCUT2D eigenvalue weighted by Gasteiger charge is 2.33. The topological polar surface area (TPSA) is 85.3 Å². The Morgan fingerprint density at radius 3 is 2.76 bits per heavy atom. The highest BCUT2D eigenvalue weighted by molar-refractivity contribution is 5.96. The molecule has 0 bridgehead atoms. The largest absolute Gasteiger partial charge is 0.497 e. The molecule has 0 saturated heterocycles. The van der Waals surface area contributed by atoms with Gasteiger partial charge in [0.15, 0.2) is 5.78 Å². The smallest absolute Gasteiger partial charge is 0.205 e. The number of carbonyl (C=O) groups excluding carboxylic acids is 1. The number of hydrogen-bond acceptors (Lipinski definition) is 5. The minimum Gasteiger partial charge on any atom is -0.497 e. The van der Waals surface area contributed by atoms with Gasteiger partial charge in [0.2, 0.25) is 5.88 Å². The number of ketones is 1. The van der Waals surface area contributed by atoms with Crippen molar-refractivity contribution in [1.29, 1.82) is 5.26 Å². The lowest BCUT2D eigenvalue weighted by molar-refractivity contribution is -0.114. The summed E-state index contributed by atoms with van der Waals surface area (Å²) in [5.74, 6) is 0.423. The van der Waals surface area contributed by atoms with Crippen LogP contribution in [0.4, 0.5) is 0 Å². The van der Waals surface area contributed by atoms with E-state index in [1.165, 1.54) is 6.92 Å². The summed E-state index contributed by atoms with van der Waals surface area (Å²) in [6.45, 7) is 3.12. The van der Waals surface area contributed by atoms with Crippen LogP contribution in [0.25, 0.3) is 0 Å². The van der Waals surface area contributed by atoms with Crippen LogP contribution in [0.5, 0.6) is 5.75 Å². The van der Waals surface area contributed by atoms with Gasteiger partial charge in [-0.2, -0.15) is 5.26 Å². The summed E-state index contributed by atoms with van der Waals surface area (Å²) in [6, 6.07) is 9.27. The van der Waals surface area contributed by atoms with E-state index in [-0.39, 0.29) is 17.2 Å². The molecule has 0 spiro atoms. The van der Waals surface area contributed by atoms with E-state index in [1.807, 2.05) is 18.2 Å². The summed E-state index contributed by atoms with van der Waals surface area (Å²) in [7, 11) is 1.56. The highest BCUT2D eigenvalue weighted by atomic mass is 16.5. The number of hydrogen-bond donors (Lipinski definition) is 1. The van der Waals surface area contributed by atoms with Crippen molar-refractivity contribution in [2.75, 3.05) is 7.11 Å². The van der Waals surface area contributed by atoms with Crippen LogP contribution in [0.15, 0.2) is 47.1 Å². The van der Waals surface area contributed by atoms with Crippen LogP contribution in [0.2, 0.25) is 0 Å². The van der Waals surface area contributed by atoms with Crippen LogP contribution < -0.4 is 10.5 Å². The van der Waals surface area contributed by atoms with E-state index in [0.29, 0.717) is 17.1 Å². The third-order valence-electron chi connectivity index (χ3n) is 3.41. The molecule has 1 aromatic rings. The van der Waals surface area contributed by atoms with Gasteiger partial charge in [0.05, 0.1) is 13.0 Å². The Bertz CT molecular complexity index is 696. The Labute approximate surface area is 123 Å². The first-order valence-corrected chi connectivity index (χ1v) is 6.42. The number of nitrogens with two attached hydrogens (primary N) is 1. The van der Waals surface area contributed by atoms with Gasteiger partial charge in [-0.15, -0.1) is 0 Å². The molecule has 0 aromatic heterocycles. The zero-order valence-electron chi connectivity index (χ0n) is 12.1. The van der Waals surface area contributed by atoms with E-state index >= 15 is 0 Å². The maximum absolute atomic E-state index is 12.0. The zero-order chi connectivity index (χ0) is 15.6. The standard InChI is InChI=1S/C16H16N2O3/c1-9(19)14-10(2)21-16(18)13(8-17)15(14)11-5-4-6-12(7-11)20-3/h4-7,15H,18H2,1-3H3. The van der Waals surface area contributed by atoms with Crippen molar-refractivity contribution >= 4 is 5.78 Å². The molecule has 0 fully saturated rings. The van der Waals surface area contributed by atoms with E-state index in [2.05, 4.69) is 0 Å². The fourth-order valence-corrected chi connectivity index (χ4v) is 2.49. The van der Waals surface area contributed by atoms with Crippen LogP contribution in [-0.2, 0) is 9.53 Å². The molecule has 5 heteroatoms. The first-order valence-electron chi connectivity index (χ1n) is 6.42. The minimum atomic E-state index is -0.531. The van der Waals surface area contributed by atoms with Crippen molar-refractivity contribution in [2.24, 2.45) is 5.73 Å². The van der Waals surface area contributed by atoms with Gasteiger partial charge in [-0.25, -0.2) is 0 Å². The number of nitrogens with zero attached hydrogens (tertiary/aromatic N) is 1. The molecular weight excluding hydrogens is 268 g/mol. The highest BCUT2D eigenvalue weighted by Crippen LogP contribution is 2.40. The van der Waals surface area contributed by atoms with Gasteiger partial charge in [0.1, 0.15) is 23.2 Å². The van der Waals surface area contributed by atoms with E-state index in [1.54, 1.807) is 26.2 Å². The van der Waals surface area contributed by atoms with Gasteiger partial charge in [-0.05, 0) is 31.5 Å². The first kappa shape index (κ1) is 14.7. The molecule has 1 heterocycles. The van der Waals surface area contributed by atoms with Crippen LogP contribution in [-0.4, -0.2) is 12.9 Å². The van der Waals surface area contributed by atoms with Crippen molar-refractivity contribution in [3.05, 3.63) is 52.6 Å². The van der Waals surface area contributed by atoms with Crippen molar-refractivity contribution in [3.8, 4) is 11.8 Å². The molecule has 1 aliphatic rings. The van der Waals surface area contributed by atoms with Crippen LogP contribution in [0.3, 0.4) is 0 Å². The Morgan fingerprint density at radius 2 is 2.19 bits per heavy atom. The Hall–Kier alpha value is -2.74. The van der Waals surface area contributed by atoms with Crippen molar-refractivity contribution in [3.63, 3.8) is 0 Å². The molecule has 108 valence electrons. The lowest BCUT2D eigenvalue weighted by Crippen LogP contribution is -2.23. The predicted molar refractivity (Wildman–Crippen MR) is 77.0 cm³/mol. The van der Waals surface area contributed by atoms with E-state index < -0.39 is 5.92 Å². The number of allylic oxidation sites excluding steroid dienone is 3. The number of nitriles is 1. The number of rotatable bonds is 3. The molecule has 0 saturated carbocycles. The number of ether oxygens (including phenoxy) is 2. The lowest BCUT2D eigenvalue weighted by atomic mass is 9.81. The van der Waals surface area contributed by atoms with E-state index in [0.717, 1.165) is 5.56 Å². The molecule has 21 heavy (non-hydrogen) atoms. The average molecular weight is 284 g/mol. The molecule has 2 N–H and O–H groups in total. The molecular formula is C16H16N2O3. The first-order chi connectivity index (χ1) is 9.99. The number of carbonyl (C=O) groups is 1. The van der Waals surface area contributed by atoms with Crippen molar-refractivity contribution in [2.45, 2.75) is 19.8 Å².